The number of halogens is 1. The van der Waals surface area contributed by atoms with Gasteiger partial charge in [-0.15, -0.1) is 0 Å². The molecule has 5 rings (SSSR count). The first-order valence-electron chi connectivity index (χ1n) is 11.6. The van der Waals surface area contributed by atoms with Crippen molar-refractivity contribution in [2.45, 2.75) is 52.5 Å². The van der Waals surface area contributed by atoms with E-state index in [9.17, 15) is 4.39 Å². The maximum Gasteiger partial charge on any atom is 0.312 e. The van der Waals surface area contributed by atoms with Crippen molar-refractivity contribution < 1.29 is 13.9 Å². The molecule has 1 aliphatic heterocycles. The molecule has 1 fully saturated rings. The Hall–Kier alpha value is -2.94. The predicted octanol–water partition coefficient (Wildman–Crippen LogP) is 3.42. The van der Waals surface area contributed by atoms with E-state index >= 15 is 0 Å². The summed E-state index contributed by atoms with van der Waals surface area (Å²) in [5.74, 6) is 2.95. The minimum Gasteiger partial charge on any atom is -0.486 e. The summed E-state index contributed by atoms with van der Waals surface area (Å²) in [5, 5.41) is 3.48. The number of nitrogens with one attached hydrogen (secondary N) is 1. The van der Waals surface area contributed by atoms with Crippen molar-refractivity contribution in [2.75, 3.05) is 32.0 Å². The van der Waals surface area contributed by atoms with Crippen molar-refractivity contribution in [3.8, 4) is 11.5 Å². The number of hydrogen-bond donors (Lipinski definition) is 2. The van der Waals surface area contributed by atoms with Crippen LogP contribution in [0, 0.1) is 11.5 Å². The van der Waals surface area contributed by atoms with Crippen molar-refractivity contribution in [3.05, 3.63) is 35.2 Å². The smallest absolute Gasteiger partial charge is 0.312 e. The van der Waals surface area contributed by atoms with E-state index < -0.39 is 6.08 Å². The summed E-state index contributed by atoms with van der Waals surface area (Å²) in [6.07, 6.45) is 2.07. The van der Waals surface area contributed by atoms with Gasteiger partial charge in [0.05, 0.1) is 0 Å². The SMILES string of the molecule is CC(C)(C)CNCCn1c(Cc2cc3c(cc2C2CC2)OCCO3)nc2c(N)nc(F)nc21. The van der Waals surface area contributed by atoms with E-state index in [-0.39, 0.29) is 11.2 Å². The van der Waals surface area contributed by atoms with Gasteiger partial charge in [-0.25, -0.2) is 4.98 Å². The first-order chi connectivity index (χ1) is 15.8. The molecule has 3 aromatic rings. The molecule has 2 aromatic heterocycles. The van der Waals surface area contributed by atoms with E-state index in [0.29, 0.717) is 49.8 Å². The van der Waals surface area contributed by atoms with Crippen LogP contribution < -0.4 is 20.5 Å². The average Bonchev–Trinajstić information content (AvgIpc) is 3.54. The zero-order chi connectivity index (χ0) is 23.2. The molecule has 33 heavy (non-hydrogen) atoms. The van der Waals surface area contributed by atoms with Crippen LogP contribution in [0.3, 0.4) is 0 Å². The number of ether oxygens (including phenoxy) is 2. The molecule has 0 radical (unpaired) electrons. The van der Waals surface area contributed by atoms with Gasteiger partial charge in [0.2, 0.25) is 0 Å². The Morgan fingerprint density at radius 1 is 1.12 bits per heavy atom. The zero-order valence-electron chi connectivity index (χ0n) is 19.4. The lowest BCUT2D eigenvalue weighted by molar-refractivity contribution is 0.171. The molecule has 0 atom stereocenters. The fraction of sp³-hybridized carbons (Fsp3) is 0.542. The first-order valence-corrected chi connectivity index (χ1v) is 11.6. The molecule has 0 amide bonds. The van der Waals surface area contributed by atoms with Gasteiger partial charge in [-0.3, -0.25) is 0 Å². The Bertz CT molecular complexity index is 1180. The normalized spacial score (nSPS) is 15.9. The van der Waals surface area contributed by atoms with Gasteiger partial charge in [-0.2, -0.15) is 14.4 Å². The van der Waals surface area contributed by atoms with Crippen molar-refractivity contribution in [3.63, 3.8) is 0 Å². The number of nitrogens with zero attached hydrogens (tertiary/aromatic N) is 4. The van der Waals surface area contributed by atoms with E-state index in [1.165, 1.54) is 18.4 Å². The number of nitrogens with two attached hydrogens (primary N) is 1. The molecular formula is C24H31FN6O2. The minimum atomic E-state index is -0.839. The summed E-state index contributed by atoms with van der Waals surface area (Å²) in [6, 6.07) is 4.19. The van der Waals surface area contributed by atoms with Gasteiger partial charge in [0.15, 0.2) is 28.5 Å². The molecule has 3 N–H and O–H groups in total. The molecule has 1 aliphatic carbocycles. The quantitative estimate of drug-likeness (QED) is 0.417. The van der Waals surface area contributed by atoms with Crippen LogP contribution in [0.1, 0.15) is 56.5 Å². The second-order valence-electron chi connectivity index (χ2n) is 10.1. The molecule has 3 heterocycles. The zero-order valence-corrected chi connectivity index (χ0v) is 19.4. The van der Waals surface area contributed by atoms with E-state index in [1.807, 2.05) is 4.57 Å². The van der Waals surface area contributed by atoms with Crippen LogP contribution in [0.15, 0.2) is 12.1 Å². The monoisotopic (exact) mass is 454 g/mol. The molecule has 1 saturated carbocycles. The number of hydrogen-bond acceptors (Lipinski definition) is 7. The molecule has 9 heteroatoms. The van der Waals surface area contributed by atoms with Crippen LogP contribution >= 0.6 is 0 Å². The average molecular weight is 455 g/mol. The maximum absolute atomic E-state index is 14.0. The number of fused-ring (bicyclic) bond motifs is 2. The van der Waals surface area contributed by atoms with Gasteiger partial charge in [-0.1, -0.05) is 20.8 Å². The highest BCUT2D eigenvalue weighted by Crippen LogP contribution is 2.46. The summed E-state index contributed by atoms with van der Waals surface area (Å²) in [7, 11) is 0. The second-order valence-corrected chi connectivity index (χ2v) is 10.1. The van der Waals surface area contributed by atoms with Gasteiger partial charge in [0.1, 0.15) is 19.0 Å². The molecule has 8 nitrogen and oxygen atoms in total. The second kappa shape index (κ2) is 8.44. The van der Waals surface area contributed by atoms with Gasteiger partial charge in [-0.05, 0) is 47.4 Å². The van der Waals surface area contributed by atoms with Crippen LogP contribution in [0.4, 0.5) is 10.2 Å². The molecule has 0 spiro atoms. The number of imidazole rings is 1. The largest absolute Gasteiger partial charge is 0.486 e. The van der Waals surface area contributed by atoms with E-state index in [2.05, 4.69) is 48.2 Å². The summed E-state index contributed by atoms with van der Waals surface area (Å²) in [5.41, 5.74) is 9.46. The third-order valence-electron chi connectivity index (χ3n) is 6.01. The molecule has 176 valence electrons. The highest BCUT2D eigenvalue weighted by Gasteiger charge is 2.29. The Kier molecular flexibility index (Phi) is 5.60. The van der Waals surface area contributed by atoms with E-state index in [4.69, 9.17) is 20.2 Å². The lowest BCUT2D eigenvalue weighted by atomic mass is 9.97. The summed E-state index contributed by atoms with van der Waals surface area (Å²) in [6.45, 7) is 9.83. The number of aromatic nitrogens is 4. The van der Waals surface area contributed by atoms with E-state index in [0.717, 1.165) is 29.4 Å². The summed E-state index contributed by atoms with van der Waals surface area (Å²) < 4.78 is 27.6. The topological polar surface area (TPSA) is 100 Å². The summed E-state index contributed by atoms with van der Waals surface area (Å²) in [4.78, 5) is 12.5. The highest BCUT2D eigenvalue weighted by molar-refractivity contribution is 5.82. The Morgan fingerprint density at radius 2 is 1.85 bits per heavy atom. The molecular weight excluding hydrogens is 423 g/mol. The fourth-order valence-corrected chi connectivity index (χ4v) is 4.31. The molecule has 0 bridgehead atoms. The lowest BCUT2D eigenvalue weighted by Gasteiger charge is -2.21. The maximum atomic E-state index is 14.0. The van der Waals surface area contributed by atoms with Crippen molar-refractivity contribution >= 4 is 17.0 Å². The minimum absolute atomic E-state index is 0.0599. The highest BCUT2D eigenvalue weighted by atomic mass is 19.1. The number of anilines is 1. The van der Waals surface area contributed by atoms with Gasteiger partial charge in [0.25, 0.3) is 0 Å². The van der Waals surface area contributed by atoms with Gasteiger partial charge < -0.3 is 25.1 Å². The van der Waals surface area contributed by atoms with Crippen LogP contribution in [0.25, 0.3) is 11.2 Å². The number of nitrogen functional groups attached to an aromatic ring is 1. The van der Waals surface area contributed by atoms with Crippen LogP contribution in [0.2, 0.25) is 0 Å². The molecule has 0 unspecified atom stereocenters. The number of rotatable bonds is 7. The van der Waals surface area contributed by atoms with Crippen molar-refractivity contribution in [1.82, 2.24) is 24.8 Å². The first kappa shape index (κ1) is 21.9. The lowest BCUT2D eigenvalue weighted by Crippen LogP contribution is -2.30. The Balaban J connectivity index is 1.50. The van der Waals surface area contributed by atoms with Gasteiger partial charge in [0, 0.05) is 26.1 Å². The Morgan fingerprint density at radius 3 is 2.55 bits per heavy atom. The van der Waals surface area contributed by atoms with Crippen LogP contribution in [0.5, 0.6) is 11.5 Å². The van der Waals surface area contributed by atoms with E-state index in [1.54, 1.807) is 0 Å². The number of benzene rings is 1. The van der Waals surface area contributed by atoms with Gasteiger partial charge >= 0.3 is 6.08 Å². The Labute approximate surface area is 192 Å². The van der Waals surface area contributed by atoms with Crippen LogP contribution in [-0.2, 0) is 13.0 Å². The third kappa shape index (κ3) is 4.73. The standard InChI is InChI=1S/C24H31FN6O2/c1-24(2,3)13-27-6-7-31-19(28-20-21(26)29-23(25)30-22(20)31)11-15-10-17-18(33-9-8-32-17)12-16(15)14-4-5-14/h10,12,14,27H,4-9,11,13H2,1-3H3,(H2,26,29,30). The molecule has 1 aromatic carbocycles. The third-order valence-corrected chi connectivity index (χ3v) is 6.01. The molecule has 0 saturated heterocycles. The van der Waals surface area contributed by atoms with Crippen LogP contribution in [-0.4, -0.2) is 45.8 Å². The summed E-state index contributed by atoms with van der Waals surface area (Å²) >= 11 is 0. The van der Waals surface area contributed by atoms with Crippen molar-refractivity contribution in [1.29, 1.82) is 0 Å². The fourth-order valence-electron chi connectivity index (χ4n) is 4.31. The molecule has 2 aliphatic rings. The predicted molar refractivity (Wildman–Crippen MR) is 124 cm³/mol. The van der Waals surface area contributed by atoms with Crippen molar-refractivity contribution in [2.24, 2.45) is 5.41 Å².